The molecule has 0 aliphatic carbocycles. The zero-order valence-electron chi connectivity index (χ0n) is 22.9. The first-order valence-electron chi connectivity index (χ1n) is 13.3. The molecule has 0 bridgehead atoms. The number of para-hydroxylation sites is 1. The van der Waals surface area contributed by atoms with Crippen LogP contribution >= 0.6 is 0 Å². The molecule has 8 nitrogen and oxygen atoms in total. The van der Waals surface area contributed by atoms with Gasteiger partial charge in [0.15, 0.2) is 12.7 Å². The van der Waals surface area contributed by atoms with Crippen LogP contribution in [-0.2, 0) is 32.2 Å². The van der Waals surface area contributed by atoms with Crippen molar-refractivity contribution in [3.8, 4) is 0 Å². The van der Waals surface area contributed by atoms with Gasteiger partial charge >= 0.3 is 0 Å². The van der Waals surface area contributed by atoms with Crippen LogP contribution in [0.4, 0.5) is 5.69 Å². The molecule has 1 aliphatic rings. The molecule has 4 aromatic rings. The molecule has 0 unspecified atom stereocenters. The minimum atomic E-state index is -4.34. The van der Waals surface area contributed by atoms with Crippen molar-refractivity contribution in [3.05, 3.63) is 102 Å². The average molecular weight is 592 g/mol. The third-order valence-electron chi connectivity index (χ3n) is 7.60. The quantitative estimate of drug-likeness (QED) is 0.208. The third-order valence-corrected chi connectivity index (χ3v) is 9.07. The Labute approximate surface area is 240 Å². The summed E-state index contributed by atoms with van der Waals surface area (Å²) >= 11 is 0. The summed E-state index contributed by atoms with van der Waals surface area (Å²) in [7, 11) is -8.67. The molecule has 1 aromatic heterocycles. The first-order chi connectivity index (χ1) is 19.4. The van der Waals surface area contributed by atoms with E-state index in [1.54, 1.807) is 10.8 Å². The lowest BCUT2D eigenvalue weighted by atomic mass is 9.81. The maximum absolute atomic E-state index is 11.3. The Morgan fingerprint density at radius 3 is 2.27 bits per heavy atom. The lowest BCUT2D eigenvalue weighted by Gasteiger charge is -2.27. The van der Waals surface area contributed by atoms with Crippen LogP contribution < -0.4 is 9.47 Å². The lowest BCUT2D eigenvalue weighted by molar-refractivity contribution is -0.666. The van der Waals surface area contributed by atoms with Gasteiger partial charge in [0.25, 0.3) is 0 Å². The third kappa shape index (κ3) is 6.20. The number of allylic oxidation sites excluding steroid dienone is 3. The van der Waals surface area contributed by atoms with E-state index in [9.17, 15) is 25.9 Å². The van der Waals surface area contributed by atoms with Crippen LogP contribution in [-0.4, -0.2) is 44.0 Å². The van der Waals surface area contributed by atoms with Crippen LogP contribution in [0.3, 0.4) is 0 Å². The van der Waals surface area contributed by atoms with E-state index in [-0.39, 0.29) is 13.0 Å². The fourth-order valence-corrected chi connectivity index (χ4v) is 6.68. The lowest BCUT2D eigenvalue weighted by Crippen LogP contribution is -2.37. The number of rotatable bonds is 9. The maximum Gasteiger partial charge on any atom is 0.213 e. The summed E-state index contributed by atoms with van der Waals surface area (Å²) in [4.78, 5) is 2.11. The van der Waals surface area contributed by atoms with Gasteiger partial charge in [0, 0.05) is 41.2 Å². The van der Waals surface area contributed by atoms with Gasteiger partial charge in [-0.15, -0.1) is 0 Å². The van der Waals surface area contributed by atoms with Gasteiger partial charge in [0.1, 0.15) is 10.1 Å². The second-order valence-corrected chi connectivity index (χ2v) is 13.8. The van der Waals surface area contributed by atoms with Crippen molar-refractivity contribution in [1.29, 1.82) is 0 Å². The molecule has 1 aliphatic heterocycles. The number of hydrogen-bond donors (Lipinski definition) is 0. The van der Waals surface area contributed by atoms with Gasteiger partial charge in [-0.3, -0.25) is 0 Å². The van der Waals surface area contributed by atoms with E-state index in [1.807, 2.05) is 60.7 Å². The van der Waals surface area contributed by atoms with E-state index in [1.165, 1.54) is 0 Å². The molecule has 2 heterocycles. The number of aromatic nitrogens is 1. The van der Waals surface area contributed by atoms with Crippen LogP contribution in [0, 0.1) is 0 Å². The van der Waals surface area contributed by atoms with Crippen molar-refractivity contribution in [1.82, 2.24) is 0 Å². The fraction of sp³-hybridized carbons (Fsp3) is 0.258. The molecule has 0 saturated heterocycles. The Balaban J connectivity index is 1.54. The number of hydrogen-bond acceptors (Lipinski definition) is 7. The highest BCUT2D eigenvalue weighted by atomic mass is 32.2. The molecular formula is C31H31N2O6S2-. The summed E-state index contributed by atoms with van der Waals surface area (Å²) in [5, 5.41) is 3.15. The summed E-state index contributed by atoms with van der Waals surface area (Å²) < 4.78 is 69.3. The molecule has 0 atom stereocenters. The monoisotopic (exact) mass is 591 g/mol. The summed E-state index contributed by atoms with van der Waals surface area (Å²) in [6, 6.07) is 21.8. The van der Waals surface area contributed by atoms with Gasteiger partial charge in [-0.05, 0) is 46.5 Å². The predicted molar refractivity (Wildman–Crippen MR) is 159 cm³/mol. The van der Waals surface area contributed by atoms with Gasteiger partial charge in [-0.1, -0.05) is 68.5 Å². The normalized spacial score (nSPS) is 16.3. The van der Waals surface area contributed by atoms with Gasteiger partial charge in [0.05, 0.1) is 21.3 Å². The standard InChI is InChI=1S/C31H32N2O6S2/c1-31(2)29(14-7-10-24-17-19-32(20-22-41(37,38)39)27-13-6-5-11-25(24)27)33(18-8-21-40(34,35)36)28-16-15-23-9-3-4-12-26(23)30(28)31/h3-7,9-17,19H,8,18,20-22H2,1-2H3,(H-,34,35,36,37,38,39)/p-1. The second kappa shape index (κ2) is 11.0. The Morgan fingerprint density at radius 1 is 0.854 bits per heavy atom. The van der Waals surface area contributed by atoms with Crippen molar-refractivity contribution < 1.29 is 30.5 Å². The average Bonchev–Trinajstić information content (AvgIpc) is 3.13. The molecule has 0 saturated carbocycles. The van der Waals surface area contributed by atoms with Crippen LogP contribution in [0.1, 0.15) is 31.4 Å². The van der Waals surface area contributed by atoms with Crippen molar-refractivity contribution in [2.24, 2.45) is 0 Å². The van der Waals surface area contributed by atoms with Crippen LogP contribution in [0.15, 0.2) is 90.8 Å². The van der Waals surface area contributed by atoms with Gasteiger partial charge in [-0.2, -0.15) is 4.57 Å². The molecule has 0 spiro atoms. The highest BCUT2D eigenvalue weighted by Gasteiger charge is 2.40. The largest absolute Gasteiger partial charge is 0.748 e. The van der Waals surface area contributed by atoms with E-state index in [0.29, 0.717) is 6.54 Å². The summed E-state index contributed by atoms with van der Waals surface area (Å²) in [6.45, 7) is 4.74. The highest BCUT2D eigenvalue weighted by molar-refractivity contribution is 7.85. The van der Waals surface area contributed by atoms with Gasteiger partial charge < -0.3 is 14.0 Å². The van der Waals surface area contributed by atoms with Crippen molar-refractivity contribution >= 4 is 53.7 Å². The smallest absolute Gasteiger partial charge is 0.213 e. The zero-order chi connectivity index (χ0) is 29.4. The molecule has 41 heavy (non-hydrogen) atoms. The number of fused-ring (bicyclic) bond motifs is 4. The molecule has 214 valence electrons. The Morgan fingerprint density at radius 2 is 1.54 bits per heavy atom. The molecule has 0 amide bonds. The zero-order valence-corrected chi connectivity index (χ0v) is 24.5. The van der Waals surface area contributed by atoms with Gasteiger partial charge in [0.2, 0.25) is 5.52 Å². The van der Waals surface area contributed by atoms with Crippen molar-refractivity contribution in [3.63, 3.8) is 0 Å². The van der Waals surface area contributed by atoms with Crippen molar-refractivity contribution in [2.75, 3.05) is 23.0 Å². The van der Waals surface area contributed by atoms with Gasteiger partial charge in [-0.25, -0.2) is 16.8 Å². The molecule has 0 radical (unpaired) electrons. The summed E-state index contributed by atoms with van der Waals surface area (Å²) in [5.41, 5.74) is 4.46. The molecule has 10 heteroatoms. The molecule has 0 N–H and O–H groups in total. The molecule has 0 fully saturated rings. The minimum Gasteiger partial charge on any atom is -0.748 e. The number of nitrogens with zero attached hydrogens (tertiary/aromatic N) is 2. The van der Waals surface area contributed by atoms with E-state index in [0.717, 1.165) is 44.2 Å². The number of aryl methyl sites for hydroxylation is 1. The predicted octanol–water partition coefficient (Wildman–Crippen LogP) is 4.46. The van der Waals surface area contributed by atoms with E-state index in [4.69, 9.17) is 0 Å². The highest BCUT2D eigenvalue weighted by Crippen LogP contribution is 2.50. The fourth-order valence-electron chi connectivity index (χ4n) is 5.78. The number of benzene rings is 3. The molecular weight excluding hydrogens is 560 g/mol. The minimum absolute atomic E-state index is 0.0643. The molecule has 3 aromatic carbocycles. The Kier molecular flexibility index (Phi) is 7.78. The Bertz CT molecular complexity index is 1910. The van der Waals surface area contributed by atoms with E-state index in [2.05, 4.69) is 43.0 Å². The van der Waals surface area contributed by atoms with Crippen LogP contribution in [0.5, 0.6) is 0 Å². The number of anilines is 1. The number of pyridine rings is 1. The van der Waals surface area contributed by atoms with Crippen molar-refractivity contribution in [2.45, 2.75) is 32.2 Å². The first kappa shape index (κ1) is 28.9. The van der Waals surface area contributed by atoms with Crippen LogP contribution in [0.25, 0.3) is 27.8 Å². The SMILES string of the molecule is CC1(C)/C(=C\C=C\c2cc[n+](CCS(=O)(=O)[O-])c3ccccc23)N(CCCS(=O)(=O)[O-])c2ccc3ccccc3c21. The first-order valence-corrected chi connectivity index (χ1v) is 16.5. The summed E-state index contributed by atoms with van der Waals surface area (Å²) in [5.74, 6) is -0.920. The Hall–Kier alpha value is -3.57. The molecule has 5 rings (SSSR count). The van der Waals surface area contributed by atoms with E-state index < -0.39 is 37.2 Å². The van der Waals surface area contributed by atoms with Crippen LogP contribution in [0.2, 0.25) is 0 Å². The summed E-state index contributed by atoms with van der Waals surface area (Å²) in [6.07, 6.45) is 7.94. The second-order valence-electron chi connectivity index (χ2n) is 10.7. The maximum atomic E-state index is 11.3. The van der Waals surface area contributed by atoms with E-state index >= 15 is 0 Å². The topological polar surface area (TPSA) is 122 Å².